The van der Waals surface area contributed by atoms with Crippen LogP contribution in [-0.2, 0) is 6.54 Å². The average molecular weight is 271 g/mol. The van der Waals surface area contributed by atoms with Crippen LogP contribution in [0.2, 0.25) is 0 Å². The van der Waals surface area contributed by atoms with Gasteiger partial charge in [-0.2, -0.15) is 0 Å². The maximum Gasteiger partial charge on any atom is 0.128 e. The summed E-state index contributed by atoms with van der Waals surface area (Å²) >= 11 is 0. The van der Waals surface area contributed by atoms with Crippen LogP contribution in [-0.4, -0.2) is 12.9 Å². The Bertz CT molecular complexity index is 637. The van der Waals surface area contributed by atoms with Crippen molar-refractivity contribution in [3.63, 3.8) is 0 Å². The number of anilines is 1. The molecule has 0 radical (unpaired) electrons. The van der Waals surface area contributed by atoms with Crippen molar-refractivity contribution < 1.29 is 4.39 Å². The van der Waals surface area contributed by atoms with Crippen molar-refractivity contribution in [2.24, 2.45) is 5.73 Å². The fourth-order valence-corrected chi connectivity index (χ4v) is 2.06. The van der Waals surface area contributed by atoms with Gasteiger partial charge in [0.15, 0.2) is 0 Å². The summed E-state index contributed by atoms with van der Waals surface area (Å²) in [5.41, 5.74) is 8.55. The number of aryl methyl sites for hydroxylation is 1. The summed E-state index contributed by atoms with van der Waals surface area (Å²) in [6.45, 7) is 2.49. The van der Waals surface area contributed by atoms with E-state index in [-0.39, 0.29) is 11.7 Å². The highest BCUT2D eigenvalue weighted by Gasteiger charge is 2.08. The van der Waals surface area contributed by atoms with Crippen molar-refractivity contribution in [1.82, 2.24) is 0 Å². The van der Waals surface area contributed by atoms with Gasteiger partial charge in [0.05, 0.1) is 0 Å². The smallest absolute Gasteiger partial charge is 0.128 e. The Morgan fingerprint density at radius 1 is 1.25 bits per heavy atom. The van der Waals surface area contributed by atoms with E-state index in [1.54, 1.807) is 12.1 Å². The monoisotopic (exact) mass is 271 g/mol. The number of amidine groups is 1. The van der Waals surface area contributed by atoms with Crippen molar-refractivity contribution in [3.05, 3.63) is 65.0 Å². The topological polar surface area (TPSA) is 53.1 Å². The third kappa shape index (κ3) is 3.15. The van der Waals surface area contributed by atoms with Gasteiger partial charge in [0, 0.05) is 30.4 Å². The van der Waals surface area contributed by atoms with Crippen LogP contribution in [0.3, 0.4) is 0 Å². The number of hydrogen-bond acceptors (Lipinski definition) is 2. The first-order valence-corrected chi connectivity index (χ1v) is 6.38. The average Bonchev–Trinajstić information content (AvgIpc) is 2.40. The van der Waals surface area contributed by atoms with Gasteiger partial charge in [0.25, 0.3) is 0 Å². The first kappa shape index (κ1) is 14.1. The van der Waals surface area contributed by atoms with Crippen LogP contribution in [0.4, 0.5) is 10.1 Å². The predicted molar refractivity (Wildman–Crippen MR) is 80.7 cm³/mol. The molecule has 0 aliphatic rings. The van der Waals surface area contributed by atoms with Crippen molar-refractivity contribution in [2.45, 2.75) is 13.5 Å². The first-order chi connectivity index (χ1) is 9.47. The minimum absolute atomic E-state index is 0.123. The minimum atomic E-state index is -0.336. The van der Waals surface area contributed by atoms with E-state index in [1.165, 1.54) is 11.6 Å². The molecule has 0 spiro atoms. The Morgan fingerprint density at radius 3 is 2.60 bits per heavy atom. The molecule has 104 valence electrons. The maximum atomic E-state index is 14.0. The molecule has 3 N–H and O–H groups in total. The molecule has 0 saturated heterocycles. The molecule has 0 aliphatic carbocycles. The molecule has 4 heteroatoms. The molecule has 0 heterocycles. The lowest BCUT2D eigenvalue weighted by molar-refractivity contribution is 0.607. The van der Waals surface area contributed by atoms with Gasteiger partial charge in [0.1, 0.15) is 11.7 Å². The molecule has 2 aromatic carbocycles. The number of halogens is 1. The van der Waals surface area contributed by atoms with E-state index in [9.17, 15) is 4.39 Å². The summed E-state index contributed by atoms with van der Waals surface area (Å²) in [6, 6.07) is 12.7. The van der Waals surface area contributed by atoms with Crippen LogP contribution >= 0.6 is 0 Å². The molecule has 2 rings (SSSR count). The van der Waals surface area contributed by atoms with E-state index < -0.39 is 0 Å². The number of nitrogens with one attached hydrogen (secondary N) is 1. The van der Waals surface area contributed by atoms with Gasteiger partial charge in [-0.3, -0.25) is 5.41 Å². The van der Waals surface area contributed by atoms with E-state index in [4.69, 9.17) is 11.1 Å². The highest BCUT2D eigenvalue weighted by atomic mass is 19.1. The molecular formula is C16H18FN3. The largest absolute Gasteiger partial charge is 0.384 e. The lowest BCUT2D eigenvalue weighted by Crippen LogP contribution is -2.18. The zero-order valence-electron chi connectivity index (χ0n) is 11.7. The molecule has 0 fully saturated rings. The number of benzene rings is 2. The number of nitrogens with two attached hydrogens (primary N) is 1. The van der Waals surface area contributed by atoms with Crippen LogP contribution in [0, 0.1) is 18.2 Å². The second-order valence-corrected chi connectivity index (χ2v) is 4.91. The van der Waals surface area contributed by atoms with Crippen molar-refractivity contribution in [2.75, 3.05) is 11.9 Å². The van der Waals surface area contributed by atoms with Crippen LogP contribution in [0.25, 0.3) is 0 Å². The molecule has 0 unspecified atom stereocenters. The molecule has 0 aromatic heterocycles. The third-order valence-electron chi connectivity index (χ3n) is 3.21. The third-order valence-corrected chi connectivity index (χ3v) is 3.21. The zero-order valence-corrected chi connectivity index (χ0v) is 11.7. The van der Waals surface area contributed by atoms with E-state index in [2.05, 4.69) is 6.07 Å². The molecule has 20 heavy (non-hydrogen) atoms. The van der Waals surface area contributed by atoms with E-state index >= 15 is 0 Å². The molecule has 0 bridgehead atoms. The lowest BCUT2D eigenvalue weighted by atomic mass is 10.1. The first-order valence-electron chi connectivity index (χ1n) is 6.38. The maximum absolute atomic E-state index is 14.0. The molecule has 2 aromatic rings. The lowest BCUT2D eigenvalue weighted by Gasteiger charge is -2.20. The Balaban J connectivity index is 2.19. The Kier molecular flexibility index (Phi) is 4.03. The molecule has 0 atom stereocenters. The zero-order chi connectivity index (χ0) is 14.7. The van der Waals surface area contributed by atoms with Gasteiger partial charge in [-0.05, 0) is 30.7 Å². The summed E-state index contributed by atoms with van der Waals surface area (Å²) in [6.07, 6.45) is 0. The predicted octanol–water partition coefficient (Wildman–Crippen LogP) is 3.05. The summed E-state index contributed by atoms with van der Waals surface area (Å²) in [5, 5.41) is 7.30. The SMILES string of the molecule is Cc1cccc(N(C)Cc2ccc(C(=N)N)cc2F)c1. The number of nitrogens with zero attached hydrogens (tertiary/aromatic N) is 1. The highest BCUT2D eigenvalue weighted by Crippen LogP contribution is 2.19. The normalized spacial score (nSPS) is 10.3. The van der Waals surface area contributed by atoms with E-state index in [0.717, 1.165) is 5.69 Å². The second-order valence-electron chi connectivity index (χ2n) is 4.91. The highest BCUT2D eigenvalue weighted by molar-refractivity contribution is 5.94. The van der Waals surface area contributed by atoms with Crippen LogP contribution < -0.4 is 10.6 Å². The van der Waals surface area contributed by atoms with Crippen LogP contribution in [0.5, 0.6) is 0 Å². The molecule has 3 nitrogen and oxygen atoms in total. The fourth-order valence-electron chi connectivity index (χ4n) is 2.06. The summed E-state index contributed by atoms with van der Waals surface area (Å²) in [5.74, 6) is -0.459. The number of nitrogen functional groups attached to an aromatic ring is 1. The molecule has 0 amide bonds. The number of rotatable bonds is 4. The molecule has 0 saturated carbocycles. The molecule has 0 aliphatic heterocycles. The molecular weight excluding hydrogens is 253 g/mol. The van der Waals surface area contributed by atoms with Gasteiger partial charge in [-0.1, -0.05) is 24.3 Å². The fraction of sp³-hybridized carbons (Fsp3) is 0.188. The van der Waals surface area contributed by atoms with Crippen LogP contribution in [0.1, 0.15) is 16.7 Å². The van der Waals surface area contributed by atoms with Crippen molar-refractivity contribution in [3.8, 4) is 0 Å². The standard InChI is InChI=1S/C16H18FN3/c1-11-4-3-5-14(8-11)20(2)10-13-7-6-12(16(18)19)9-15(13)17/h3-9H,10H2,1-2H3,(H3,18,19). The Morgan fingerprint density at radius 2 is 2.00 bits per heavy atom. The van der Waals surface area contributed by atoms with Gasteiger partial charge in [-0.25, -0.2) is 4.39 Å². The van der Waals surface area contributed by atoms with Gasteiger partial charge in [-0.15, -0.1) is 0 Å². The Labute approximate surface area is 118 Å². The number of hydrogen-bond donors (Lipinski definition) is 2. The van der Waals surface area contributed by atoms with Gasteiger partial charge >= 0.3 is 0 Å². The second kappa shape index (κ2) is 5.74. The van der Waals surface area contributed by atoms with Crippen molar-refractivity contribution in [1.29, 1.82) is 5.41 Å². The van der Waals surface area contributed by atoms with Gasteiger partial charge < -0.3 is 10.6 Å². The summed E-state index contributed by atoms with van der Waals surface area (Å²) in [7, 11) is 1.92. The van der Waals surface area contributed by atoms with E-state index in [1.807, 2.05) is 37.1 Å². The van der Waals surface area contributed by atoms with E-state index in [0.29, 0.717) is 17.7 Å². The minimum Gasteiger partial charge on any atom is -0.384 e. The van der Waals surface area contributed by atoms with Crippen LogP contribution in [0.15, 0.2) is 42.5 Å². The van der Waals surface area contributed by atoms with Crippen molar-refractivity contribution >= 4 is 11.5 Å². The Hall–Kier alpha value is -2.36. The summed E-state index contributed by atoms with van der Waals surface area (Å²) in [4.78, 5) is 1.98. The summed E-state index contributed by atoms with van der Waals surface area (Å²) < 4.78 is 14.0. The quantitative estimate of drug-likeness (QED) is 0.663. The van der Waals surface area contributed by atoms with Gasteiger partial charge in [0.2, 0.25) is 0 Å².